The molecule has 4 nitrogen and oxygen atoms in total. The summed E-state index contributed by atoms with van der Waals surface area (Å²) in [7, 11) is 1.76. The van der Waals surface area contributed by atoms with Crippen molar-refractivity contribution in [3.05, 3.63) is 16.1 Å². The molecule has 0 aliphatic rings. The quantitative estimate of drug-likeness (QED) is 0.721. The average molecular weight is 299 g/mol. The molecule has 0 aliphatic heterocycles. The second kappa shape index (κ2) is 9.45. The van der Waals surface area contributed by atoms with Crippen LogP contribution in [0, 0.1) is 0 Å². The van der Waals surface area contributed by atoms with Gasteiger partial charge in [0.05, 0.1) is 12.3 Å². The normalized spacial score (nSPS) is 13.3. The van der Waals surface area contributed by atoms with E-state index < -0.39 is 0 Å². The Kier molecular flexibility index (Phi) is 8.30. The van der Waals surface area contributed by atoms with E-state index in [1.165, 1.54) is 10.7 Å². The second-order valence-electron chi connectivity index (χ2n) is 5.49. The number of methoxy groups -OCH3 is 1. The van der Waals surface area contributed by atoms with Crippen LogP contribution in [0.25, 0.3) is 0 Å². The fourth-order valence-corrected chi connectivity index (χ4v) is 2.66. The molecule has 1 atom stereocenters. The molecule has 20 heavy (non-hydrogen) atoms. The van der Waals surface area contributed by atoms with Crippen LogP contribution < -0.4 is 5.32 Å². The third-order valence-corrected chi connectivity index (χ3v) is 4.32. The van der Waals surface area contributed by atoms with Crippen molar-refractivity contribution < 1.29 is 4.74 Å². The van der Waals surface area contributed by atoms with Crippen molar-refractivity contribution in [1.29, 1.82) is 0 Å². The first-order chi connectivity index (χ1) is 9.56. The molecule has 1 rings (SSSR count). The number of hydrogen-bond acceptors (Lipinski definition) is 5. The van der Waals surface area contributed by atoms with E-state index in [4.69, 9.17) is 9.72 Å². The van der Waals surface area contributed by atoms with Crippen molar-refractivity contribution in [3.8, 4) is 0 Å². The van der Waals surface area contributed by atoms with Gasteiger partial charge in [-0.2, -0.15) is 0 Å². The molecule has 0 saturated heterocycles. The monoisotopic (exact) mass is 299 g/mol. The zero-order chi connectivity index (χ0) is 15.0. The van der Waals surface area contributed by atoms with Gasteiger partial charge in [0, 0.05) is 44.2 Å². The lowest BCUT2D eigenvalue weighted by atomic mass is 10.2. The first-order valence-corrected chi connectivity index (χ1v) is 8.34. The number of rotatable bonds is 10. The molecule has 0 radical (unpaired) electrons. The van der Waals surface area contributed by atoms with Crippen LogP contribution >= 0.6 is 11.3 Å². The first-order valence-electron chi connectivity index (χ1n) is 7.46. The molecule has 1 heterocycles. The Morgan fingerprint density at radius 1 is 1.40 bits per heavy atom. The second-order valence-corrected chi connectivity index (χ2v) is 6.43. The Morgan fingerprint density at radius 2 is 2.15 bits per heavy atom. The molecule has 1 unspecified atom stereocenters. The van der Waals surface area contributed by atoms with Crippen molar-refractivity contribution >= 4 is 11.3 Å². The zero-order valence-electron chi connectivity index (χ0n) is 13.5. The number of thiazole rings is 1. The summed E-state index contributed by atoms with van der Waals surface area (Å²) in [5, 5.41) is 6.76. The molecule has 1 N–H and O–H groups in total. The fourth-order valence-electron chi connectivity index (χ4n) is 1.92. The van der Waals surface area contributed by atoms with E-state index in [-0.39, 0.29) is 0 Å². The summed E-state index contributed by atoms with van der Waals surface area (Å²) in [5.41, 5.74) is 1.17. The molecule has 0 amide bonds. The molecular weight excluding hydrogens is 270 g/mol. The van der Waals surface area contributed by atoms with Gasteiger partial charge in [0.1, 0.15) is 5.01 Å². The largest absolute Gasteiger partial charge is 0.383 e. The van der Waals surface area contributed by atoms with Gasteiger partial charge in [-0.25, -0.2) is 4.98 Å². The summed E-state index contributed by atoms with van der Waals surface area (Å²) < 4.78 is 5.21. The summed E-state index contributed by atoms with van der Waals surface area (Å²) in [4.78, 5) is 7.16. The van der Waals surface area contributed by atoms with Crippen LogP contribution in [0.5, 0.6) is 0 Å². The van der Waals surface area contributed by atoms with Crippen LogP contribution in [-0.2, 0) is 17.8 Å². The maximum Gasteiger partial charge on any atom is 0.107 e. The molecule has 0 bridgehead atoms. The maximum atomic E-state index is 5.21. The van der Waals surface area contributed by atoms with Crippen LogP contribution in [0.3, 0.4) is 0 Å². The molecular formula is C15H29N3OS. The number of nitrogens with one attached hydrogen (secondary N) is 1. The highest BCUT2D eigenvalue weighted by Crippen LogP contribution is 2.14. The van der Waals surface area contributed by atoms with Gasteiger partial charge >= 0.3 is 0 Å². The third-order valence-electron chi connectivity index (χ3n) is 3.42. The van der Waals surface area contributed by atoms with Gasteiger partial charge in [0.2, 0.25) is 0 Å². The summed E-state index contributed by atoms with van der Waals surface area (Å²) in [6.45, 7) is 12.3. The van der Waals surface area contributed by atoms with Crippen molar-refractivity contribution in [1.82, 2.24) is 15.2 Å². The van der Waals surface area contributed by atoms with E-state index in [2.05, 4.69) is 43.3 Å². The van der Waals surface area contributed by atoms with Crippen LogP contribution in [0.1, 0.15) is 44.8 Å². The maximum absolute atomic E-state index is 5.21. The van der Waals surface area contributed by atoms with Crippen molar-refractivity contribution in [2.45, 2.75) is 59.3 Å². The third kappa shape index (κ3) is 6.31. The highest BCUT2D eigenvalue weighted by atomic mass is 32.1. The average Bonchev–Trinajstić information content (AvgIpc) is 2.88. The first kappa shape index (κ1) is 17.6. The van der Waals surface area contributed by atoms with Gasteiger partial charge in [-0.1, -0.05) is 20.8 Å². The molecule has 0 saturated carbocycles. The molecule has 1 aromatic heterocycles. The number of ether oxygens (including phenoxy) is 1. The summed E-state index contributed by atoms with van der Waals surface area (Å²) in [6, 6.07) is 1.06. The minimum absolute atomic E-state index is 0.501. The lowest BCUT2D eigenvalue weighted by Crippen LogP contribution is -2.35. The highest BCUT2D eigenvalue weighted by Gasteiger charge is 2.14. The Balaban J connectivity index is 2.54. The number of nitrogens with zero attached hydrogens (tertiary/aromatic N) is 2. The molecule has 1 aromatic rings. The van der Waals surface area contributed by atoms with Crippen molar-refractivity contribution in [2.75, 3.05) is 20.3 Å². The molecule has 5 heteroatoms. The van der Waals surface area contributed by atoms with Gasteiger partial charge in [0.25, 0.3) is 0 Å². The fraction of sp³-hybridized carbons (Fsp3) is 0.800. The lowest BCUT2D eigenvalue weighted by molar-refractivity contribution is 0.117. The Labute approximate surface area is 127 Å². The smallest absolute Gasteiger partial charge is 0.107 e. The Hall–Kier alpha value is -0.490. The van der Waals surface area contributed by atoms with E-state index in [1.807, 2.05) is 0 Å². The SMILES string of the molecule is CCC(C)N(CCOC)Cc1csc(CNC(C)C)n1. The van der Waals surface area contributed by atoms with E-state index in [0.29, 0.717) is 12.1 Å². The van der Waals surface area contributed by atoms with Gasteiger partial charge in [-0.05, 0) is 13.3 Å². The van der Waals surface area contributed by atoms with Gasteiger partial charge < -0.3 is 10.1 Å². The number of hydrogen-bond donors (Lipinski definition) is 1. The van der Waals surface area contributed by atoms with Gasteiger partial charge in [-0.3, -0.25) is 4.90 Å². The predicted octanol–water partition coefficient (Wildman–Crippen LogP) is 2.89. The standard InChI is InChI=1S/C15H29N3OS/c1-6-13(4)18(7-8-19-5)10-14-11-20-15(17-14)9-16-12(2)3/h11-13,16H,6-10H2,1-5H3. The van der Waals surface area contributed by atoms with Crippen molar-refractivity contribution in [2.24, 2.45) is 0 Å². The van der Waals surface area contributed by atoms with Crippen LogP contribution in [0.2, 0.25) is 0 Å². The van der Waals surface area contributed by atoms with Gasteiger partial charge in [0.15, 0.2) is 0 Å². The van der Waals surface area contributed by atoms with Crippen LogP contribution in [0.4, 0.5) is 0 Å². The summed E-state index contributed by atoms with van der Waals surface area (Å²) >= 11 is 1.75. The zero-order valence-corrected chi connectivity index (χ0v) is 14.3. The summed E-state index contributed by atoms with van der Waals surface area (Å²) in [5.74, 6) is 0. The summed E-state index contributed by atoms with van der Waals surface area (Å²) in [6.07, 6.45) is 1.15. The molecule has 0 aromatic carbocycles. The lowest BCUT2D eigenvalue weighted by Gasteiger charge is -2.27. The molecule has 116 valence electrons. The van der Waals surface area contributed by atoms with Gasteiger partial charge in [-0.15, -0.1) is 11.3 Å². The molecule has 0 spiro atoms. The molecule has 0 fully saturated rings. The predicted molar refractivity (Wildman–Crippen MR) is 86.1 cm³/mol. The molecule has 0 aliphatic carbocycles. The topological polar surface area (TPSA) is 37.4 Å². The van der Waals surface area contributed by atoms with E-state index in [1.54, 1.807) is 18.4 Å². The highest BCUT2D eigenvalue weighted by molar-refractivity contribution is 7.09. The van der Waals surface area contributed by atoms with E-state index in [9.17, 15) is 0 Å². The van der Waals surface area contributed by atoms with Crippen LogP contribution in [0.15, 0.2) is 5.38 Å². The number of aromatic nitrogens is 1. The minimum atomic E-state index is 0.501. The Bertz CT molecular complexity index is 368. The van der Waals surface area contributed by atoms with Crippen molar-refractivity contribution in [3.63, 3.8) is 0 Å². The van der Waals surface area contributed by atoms with E-state index >= 15 is 0 Å². The van der Waals surface area contributed by atoms with Crippen LogP contribution in [-0.4, -0.2) is 42.2 Å². The Morgan fingerprint density at radius 3 is 2.75 bits per heavy atom. The van der Waals surface area contributed by atoms with E-state index in [0.717, 1.165) is 32.7 Å². The minimum Gasteiger partial charge on any atom is -0.383 e.